The summed E-state index contributed by atoms with van der Waals surface area (Å²) in [7, 11) is -3.29. The lowest BCUT2D eigenvalue weighted by Gasteiger charge is -2.34. The van der Waals surface area contributed by atoms with Crippen molar-refractivity contribution in [1.29, 1.82) is 0 Å². The van der Waals surface area contributed by atoms with E-state index in [-0.39, 0.29) is 0 Å². The van der Waals surface area contributed by atoms with Gasteiger partial charge in [0.25, 0.3) is 0 Å². The maximum absolute atomic E-state index is 15.3. The second-order valence-electron chi connectivity index (χ2n) is 8.25. The molecule has 0 fully saturated rings. The number of pyridine rings is 2. The van der Waals surface area contributed by atoms with E-state index in [9.17, 15) is 0 Å². The number of rotatable bonds is 2. The van der Waals surface area contributed by atoms with Crippen molar-refractivity contribution in [2.45, 2.75) is 0 Å². The number of aromatic nitrogens is 2. The maximum Gasteiger partial charge on any atom is 0.185 e. The van der Waals surface area contributed by atoms with E-state index in [4.69, 9.17) is 9.47 Å². The quantitative estimate of drug-likeness (QED) is 0.312. The number of ether oxygens (including phenoxy) is 2. The van der Waals surface area contributed by atoms with Gasteiger partial charge in [-0.05, 0) is 82.9 Å². The van der Waals surface area contributed by atoms with Crippen LogP contribution in [0.5, 0.6) is 23.0 Å². The van der Waals surface area contributed by atoms with Gasteiger partial charge in [-0.25, -0.2) is 0 Å². The van der Waals surface area contributed by atoms with Crippen molar-refractivity contribution in [3.63, 3.8) is 0 Å². The topological polar surface area (TPSA) is 61.3 Å². The summed E-state index contributed by atoms with van der Waals surface area (Å²) in [4.78, 5) is 8.24. The molecule has 0 atom stereocenters. The second-order valence-corrected chi connectivity index (χ2v) is 10.9. The molecule has 0 amide bonds. The van der Waals surface area contributed by atoms with Crippen molar-refractivity contribution in [3.05, 3.63) is 104 Å². The Kier molecular flexibility index (Phi) is 4.05. The molecule has 162 valence electrons. The third-order valence-electron chi connectivity index (χ3n) is 6.34. The molecule has 2 aliphatic heterocycles. The van der Waals surface area contributed by atoms with Crippen LogP contribution in [-0.4, -0.2) is 9.97 Å². The van der Waals surface area contributed by atoms with Crippen molar-refractivity contribution in [3.8, 4) is 45.3 Å². The minimum atomic E-state index is -3.29. The van der Waals surface area contributed by atoms with Gasteiger partial charge in [0.1, 0.15) is 28.3 Å². The monoisotopic (exact) mass is 460 g/mol. The van der Waals surface area contributed by atoms with Gasteiger partial charge in [-0.3, -0.25) is 9.97 Å². The first kappa shape index (κ1) is 19.3. The molecule has 4 heterocycles. The standard InChI is InChI=1S/C28H17N2O3P/c31-34-26-16-20(18-8-12-29-13-9-18)4-6-22(26)32-24-2-1-3-25(28(24)34)33-23-7-5-21(17-27(23)34)19-10-14-30-15-11-19/h1-17H. The highest BCUT2D eigenvalue weighted by atomic mass is 31.2. The van der Waals surface area contributed by atoms with E-state index in [0.29, 0.717) is 38.9 Å². The zero-order valence-electron chi connectivity index (χ0n) is 17.9. The summed E-state index contributed by atoms with van der Waals surface area (Å²) < 4.78 is 27.8. The van der Waals surface area contributed by atoms with Gasteiger partial charge in [0, 0.05) is 24.8 Å². The SMILES string of the molecule is O=P12c3cc(-c4ccncc4)ccc3Oc3cccc(c31)Oc1ccc(-c3ccncc3)cc12. The average Bonchev–Trinajstić information content (AvgIpc) is 2.90. The van der Waals surface area contributed by atoms with E-state index in [0.717, 1.165) is 22.3 Å². The van der Waals surface area contributed by atoms with Gasteiger partial charge in [-0.1, -0.05) is 18.2 Å². The summed E-state index contributed by atoms with van der Waals surface area (Å²) in [5.74, 6) is 2.36. The Morgan fingerprint density at radius 3 is 1.47 bits per heavy atom. The van der Waals surface area contributed by atoms with E-state index in [1.807, 2.05) is 78.9 Å². The van der Waals surface area contributed by atoms with E-state index in [1.165, 1.54) is 0 Å². The molecule has 0 saturated heterocycles. The van der Waals surface area contributed by atoms with Crippen LogP contribution in [0.15, 0.2) is 104 Å². The molecule has 0 bridgehead atoms. The molecule has 0 radical (unpaired) electrons. The normalized spacial score (nSPS) is 14.1. The van der Waals surface area contributed by atoms with Gasteiger partial charge in [0.15, 0.2) is 7.14 Å². The molecular weight excluding hydrogens is 443 g/mol. The highest BCUT2D eigenvalue weighted by Gasteiger charge is 2.46. The first-order valence-corrected chi connectivity index (χ1v) is 12.6. The van der Waals surface area contributed by atoms with Crippen molar-refractivity contribution >= 4 is 23.1 Å². The van der Waals surface area contributed by atoms with Crippen LogP contribution in [0, 0.1) is 0 Å². The van der Waals surface area contributed by atoms with E-state index in [2.05, 4.69) is 9.97 Å². The predicted molar refractivity (Wildman–Crippen MR) is 132 cm³/mol. The van der Waals surface area contributed by atoms with Crippen LogP contribution in [-0.2, 0) is 4.57 Å². The molecule has 0 spiro atoms. The third kappa shape index (κ3) is 2.71. The molecule has 0 N–H and O–H groups in total. The van der Waals surface area contributed by atoms with Gasteiger partial charge in [0.05, 0.1) is 10.6 Å². The molecule has 2 aliphatic rings. The van der Waals surface area contributed by atoms with Crippen molar-refractivity contribution in [1.82, 2.24) is 9.97 Å². The summed E-state index contributed by atoms with van der Waals surface area (Å²) in [6.07, 6.45) is 7.02. The molecule has 2 aromatic heterocycles. The van der Waals surface area contributed by atoms with Crippen molar-refractivity contribution in [2.24, 2.45) is 0 Å². The Bertz CT molecular complexity index is 1520. The van der Waals surface area contributed by atoms with Crippen LogP contribution in [0.3, 0.4) is 0 Å². The molecule has 0 aliphatic carbocycles. The minimum absolute atomic E-state index is 0.574. The van der Waals surface area contributed by atoms with Gasteiger partial charge < -0.3 is 14.0 Å². The van der Waals surface area contributed by atoms with Gasteiger partial charge in [-0.15, -0.1) is 0 Å². The minimum Gasteiger partial charge on any atom is -0.456 e. The summed E-state index contributed by atoms with van der Waals surface area (Å²) in [5, 5.41) is 1.98. The zero-order chi connectivity index (χ0) is 22.7. The Morgan fingerprint density at radius 1 is 0.529 bits per heavy atom. The Balaban J connectivity index is 1.52. The van der Waals surface area contributed by atoms with Crippen LogP contribution in [0.1, 0.15) is 0 Å². The van der Waals surface area contributed by atoms with Crippen LogP contribution in [0.2, 0.25) is 0 Å². The fourth-order valence-corrected chi connectivity index (χ4v) is 7.84. The molecule has 3 aromatic carbocycles. The number of nitrogens with zero attached hydrogens (tertiary/aromatic N) is 2. The fourth-order valence-electron chi connectivity index (χ4n) is 4.73. The molecule has 7 rings (SSSR count). The second kappa shape index (κ2) is 7.14. The van der Waals surface area contributed by atoms with Crippen LogP contribution in [0.4, 0.5) is 0 Å². The lowest BCUT2D eigenvalue weighted by Crippen LogP contribution is -2.35. The summed E-state index contributed by atoms with van der Waals surface area (Å²) in [6.45, 7) is 0. The van der Waals surface area contributed by atoms with E-state index < -0.39 is 7.14 Å². The first-order valence-electron chi connectivity index (χ1n) is 10.9. The maximum atomic E-state index is 15.3. The van der Waals surface area contributed by atoms with Crippen molar-refractivity contribution < 1.29 is 14.0 Å². The van der Waals surface area contributed by atoms with E-state index in [1.54, 1.807) is 24.8 Å². The summed E-state index contributed by atoms with van der Waals surface area (Å²) >= 11 is 0. The van der Waals surface area contributed by atoms with Crippen LogP contribution < -0.4 is 25.4 Å². The average molecular weight is 460 g/mol. The molecule has 0 unspecified atom stereocenters. The number of benzene rings is 3. The number of hydrogen-bond acceptors (Lipinski definition) is 5. The fraction of sp³-hybridized carbons (Fsp3) is 0. The molecule has 5 aromatic rings. The molecule has 34 heavy (non-hydrogen) atoms. The summed E-state index contributed by atoms with van der Waals surface area (Å²) in [5.41, 5.74) is 3.92. The van der Waals surface area contributed by atoms with E-state index >= 15 is 4.57 Å². The van der Waals surface area contributed by atoms with Gasteiger partial charge >= 0.3 is 0 Å². The lowest BCUT2D eigenvalue weighted by atomic mass is 10.1. The predicted octanol–water partition coefficient (Wildman–Crippen LogP) is 5.66. The first-order chi connectivity index (χ1) is 16.7. The smallest absolute Gasteiger partial charge is 0.185 e. The lowest BCUT2D eigenvalue weighted by molar-refractivity contribution is 0.462. The zero-order valence-corrected chi connectivity index (χ0v) is 18.8. The van der Waals surface area contributed by atoms with Crippen molar-refractivity contribution in [2.75, 3.05) is 0 Å². The number of fused-ring (bicyclic) bond motifs is 4. The molecule has 0 saturated carbocycles. The number of hydrogen-bond donors (Lipinski definition) is 0. The van der Waals surface area contributed by atoms with Crippen LogP contribution >= 0.6 is 7.14 Å². The Morgan fingerprint density at radius 2 is 1.00 bits per heavy atom. The van der Waals surface area contributed by atoms with Crippen LogP contribution in [0.25, 0.3) is 22.3 Å². The Hall–Kier alpha value is -4.21. The van der Waals surface area contributed by atoms with Gasteiger partial charge in [-0.2, -0.15) is 0 Å². The highest BCUT2D eigenvalue weighted by Crippen LogP contribution is 2.58. The molecular formula is C28H17N2O3P. The third-order valence-corrected chi connectivity index (χ3v) is 9.47. The molecule has 5 nitrogen and oxygen atoms in total. The largest absolute Gasteiger partial charge is 0.456 e. The summed E-state index contributed by atoms with van der Waals surface area (Å²) in [6, 6.07) is 25.1. The molecule has 6 heteroatoms. The highest BCUT2D eigenvalue weighted by molar-refractivity contribution is 7.86. The Labute approximate surface area is 196 Å². The van der Waals surface area contributed by atoms with Gasteiger partial charge in [0.2, 0.25) is 0 Å².